The van der Waals surface area contributed by atoms with Gasteiger partial charge < -0.3 is 10.2 Å². The first-order valence-corrected chi connectivity index (χ1v) is 8.14. The smallest absolute Gasteiger partial charge is 0.237 e. The second-order valence-corrected chi connectivity index (χ2v) is 6.27. The number of anilines is 1. The molecule has 26 heavy (non-hydrogen) atoms. The normalized spacial score (nSPS) is 19.5. The summed E-state index contributed by atoms with van der Waals surface area (Å²) in [5, 5.41) is 2.35. The molecule has 1 saturated heterocycles. The Hall–Kier alpha value is -3.02. The molecule has 0 aromatic heterocycles. The number of carbonyl (C=O) groups is 2. The molecule has 1 aliphatic rings. The number of hydrogen-bond acceptors (Lipinski definition) is 2. The third kappa shape index (κ3) is 3.22. The molecule has 2 aromatic rings. The number of halogens is 2. The van der Waals surface area contributed by atoms with E-state index < -0.39 is 23.5 Å². The van der Waals surface area contributed by atoms with Crippen molar-refractivity contribution >= 4 is 23.6 Å². The predicted octanol–water partition coefficient (Wildman–Crippen LogP) is 3.42. The van der Waals surface area contributed by atoms with Crippen LogP contribution in [0.1, 0.15) is 17.0 Å². The van der Waals surface area contributed by atoms with Crippen LogP contribution in [-0.4, -0.2) is 30.3 Å². The summed E-state index contributed by atoms with van der Waals surface area (Å²) in [5.41, 5.74) is 1.41. The Kier molecular flexibility index (Phi) is 4.84. The predicted molar refractivity (Wildman–Crippen MR) is 95.4 cm³/mol. The first-order chi connectivity index (χ1) is 12.4. The summed E-state index contributed by atoms with van der Waals surface area (Å²) in [6.07, 6.45) is 1.68. The van der Waals surface area contributed by atoms with Crippen molar-refractivity contribution in [2.45, 2.75) is 5.92 Å². The van der Waals surface area contributed by atoms with Crippen LogP contribution in [0.15, 0.2) is 49.0 Å². The van der Waals surface area contributed by atoms with Gasteiger partial charge in [0.05, 0.1) is 5.69 Å². The van der Waals surface area contributed by atoms with Crippen molar-refractivity contribution < 1.29 is 18.4 Å². The fraction of sp³-hybridized carbons (Fsp3) is 0.200. The van der Waals surface area contributed by atoms with Gasteiger partial charge in [0.2, 0.25) is 11.8 Å². The highest BCUT2D eigenvalue weighted by Gasteiger charge is 2.44. The quantitative estimate of drug-likeness (QED) is 0.854. The molecule has 2 aromatic carbocycles. The van der Waals surface area contributed by atoms with Crippen LogP contribution < -0.4 is 5.32 Å². The molecule has 0 unspecified atom stereocenters. The molecule has 0 spiro atoms. The van der Waals surface area contributed by atoms with Gasteiger partial charge in [0.1, 0.15) is 5.92 Å². The van der Waals surface area contributed by atoms with E-state index in [0.717, 1.165) is 17.2 Å². The van der Waals surface area contributed by atoms with E-state index >= 15 is 0 Å². The largest absolute Gasteiger partial charge is 0.344 e. The van der Waals surface area contributed by atoms with Gasteiger partial charge in [0.25, 0.3) is 0 Å². The van der Waals surface area contributed by atoms with Crippen LogP contribution in [-0.2, 0) is 9.59 Å². The van der Waals surface area contributed by atoms with Gasteiger partial charge in [-0.3, -0.25) is 9.59 Å². The van der Waals surface area contributed by atoms with Crippen molar-refractivity contribution in [2.75, 3.05) is 18.9 Å². The van der Waals surface area contributed by atoms with Crippen molar-refractivity contribution in [3.63, 3.8) is 0 Å². The first kappa shape index (κ1) is 17.8. The molecule has 0 aliphatic carbocycles. The molecule has 6 heteroatoms. The van der Waals surface area contributed by atoms with E-state index in [1.807, 2.05) is 24.3 Å². The summed E-state index contributed by atoms with van der Waals surface area (Å²) in [7, 11) is 1.61. The van der Waals surface area contributed by atoms with E-state index in [9.17, 15) is 18.4 Å². The SMILES string of the molecule is C=Cc1cccc([C@@H]2CN(C)C(=O)[C@H]2C(=O)Nc2cccc(F)c2F)c1. The van der Waals surface area contributed by atoms with Crippen LogP contribution in [0.25, 0.3) is 6.08 Å². The number of rotatable bonds is 4. The fourth-order valence-corrected chi connectivity index (χ4v) is 3.22. The number of carbonyl (C=O) groups excluding carboxylic acids is 2. The standard InChI is InChI=1S/C20H18F2N2O2/c1-3-12-6-4-7-13(10-12)14-11-24(2)20(26)17(14)19(25)23-16-9-5-8-15(21)18(16)22/h3-10,14,17H,1,11H2,2H3,(H,23,25)/t14-,17+/m0/s1. The molecule has 1 N–H and O–H groups in total. The molecule has 3 rings (SSSR count). The highest BCUT2D eigenvalue weighted by Crippen LogP contribution is 2.34. The molecular formula is C20H18F2N2O2. The van der Waals surface area contributed by atoms with Crippen molar-refractivity contribution in [1.29, 1.82) is 0 Å². The highest BCUT2D eigenvalue weighted by molar-refractivity contribution is 6.08. The summed E-state index contributed by atoms with van der Waals surface area (Å²) < 4.78 is 27.2. The number of likely N-dealkylation sites (N-methyl/N-ethyl adjacent to an activating group) is 1. The molecule has 2 amide bonds. The van der Waals surface area contributed by atoms with Crippen LogP contribution in [0.3, 0.4) is 0 Å². The van der Waals surface area contributed by atoms with Gasteiger partial charge >= 0.3 is 0 Å². The maximum atomic E-state index is 13.8. The topological polar surface area (TPSA) is 49.4 Å². The van der Waals surface area contributed by atoms with Crippen LogP contribution in [0.2, 0.25) is 0 Å². The van der Waals surface area contributed by atoms with Gasteiger partial charge in [-0.25, -0.2) is 8.78 Å². The Balaban J connectivity index is 1.91. The minimum absolute atomic E-state index is 0.282. The van der Waals surface area contributed by atoms with Gasteiger partial charge in [0.15, 0.2) is 11.6 Å². The number of nitrogens with one attached hydrogen (secondary N) is 1. The second kappa shape index (κ2) is 7.07. The Labute approximate surface area is 150 Å². The molecule has 0 radical (unpaired) electrons. The third-order valence-corrected chi connectivity index (χ3v) is 4.58. The molecule has 0 bridgehead atoms. The lowest BCUT2D eigenvalue weighted by Gasteiger charge is -2.17. The lowest BCUT2D eigenvalue weighted by Crippen LogP contribution is -2.33. The average Bonchev–Trinajstić information content (AvgIpc) is 2.94. The van der Waals surface area contributed by atoms with E-state index in [0.29, 0.717) is 6.54 Å². The van der Waals surface area contributed by atoms with E-state index in [4.69, 9.17) is 0 Å². The molecular weight excluding hydrogens is 338 g/mol. The summed E-state index contributed by atoms with van der Waals surface area (Å²) in [6, 6.07) is 10.9. The van der Waals surface area contributed by atoms with Gasteiger partial charge in [-0.2, -0.15) is 0 Å². The highest BCUT2D eigenvalue weighted by atomic mass is 19.2. The van der Waals surface area contributed by atoms with Gasteiger partial charge in [-0.05, 0) is 23.3 Å². The minimum Gasteiger partial charge on any atom is -0.344 e. The summed E-state index contributed by atoms with van der Waals surface area (Å²) in [5.74, 6) is -4.62. The van der Waals surface area contributed by atoms with Gasteiger partial charge in [-0.15, -0.1) is 0 Å². The van der Waals surface area contributed by atoms with Crippen LogP contribution >= 0.6 is 0 Å². The van der Waals surface area contributed by atoms with Crippen LogP contribution in [0.4, 0.5) is 14.5 Å². The zero-order valence-corrected chi connectivity index (χ0v) is 14.2. The molecule has 1 fully saturated rings. The third-order valence-electron chi connectivity index (χ3n) is 4.58. The maximum absolute atomic E-state index is 13.8. The van der Waals surface area contributed by atoms with Gasteiger partial charge in [0, 0.05) is 19.5 Å². The molecule has 1 aliphatic heterocycles. The second-order valence-electron chi connectivity index (χ2n) is 6.27. The average molecular weight is 356 g/mol. The molecule has 4 nitrogen and oxygen atoms in total. The Morgan fingerprint density at radius 1 is 1.27 bits per heavy atom. The fourth-order valence-electron chi connectivity index (χ4n) is 3.22. The molecule has 2 atom stereocenters. The summed E-state index contributed by atoms with van der Waals surface area (Å²) in [6.45, 7) is 4.09. The molecule has 134 valence electrons. The van der Waals surface area contributed by atoms with Crippen LogP contribution in [0, 0.1) is 17.6 Å². The molecule has 1 heterocycles. The van der Waals surface area contributed by atoms with Crippen molar-refractivity contribution in [3.05, 3.63) is 71.8 Å². The zero-order valence-electron chi connectivity index (χ0n) is 14.2. The number of amides is 2. The van der Waals surface area contributed by atoms with Crippen molar-refractivity contribution in [1.82, 2.24) is 4.90 Å². The lowest BCUT2D eigenvalue weighted by atomic mass is 9.87. The van der Waals surface area contributed by atoms with Crippen LogP contribution in [0.5, 0.6) is 0 Å². The van der Waals surface area contributed by atoms with E-state index in [1.54, 1.807) is 13.1 Å². The van der Waals surface area contributed by atoms with Crippen molar-refractivity contribution in [2.24, 2.45) is 5.92 Å². The maximum Gasteiger partial charge on any atom is 0.237 e. The number of hydrogen-bond donors (Lipinski definition) is 1. The van der Waals surface area contributed by atoms with Crippen molar-refractivity contribution in [3.8, 4) is 0 Å². The Morgan fingerprint density at radius 2 is 2.00 bits per heavy atom. The minimum atomic E-state index is -1.15. The summed E-state index contributed by atoms with van der Waals surface area (Å²) in [4.78, 5) is 26.7. The first-order valence-electron chi connectivity index (χ1n) is 8.14. The Morgan fingerprint density at radius 3 is 2.73 bits per heavy atom. The molecule has 0 saturated carbocycles. The van der Waals surface area contributed by atoms with E-state index in [1.165, 1.54) is 17.0 Å². The van der Waals surface area contributed by atoms with Gasteiger partial charge in [-0.1, -0.05) is 43.0 Å². The number of nitrogens with zero attached hydrogens (tertiary/aromatic N) is 1. The monoisotopic (exact) mass is 356 g/mol. The number of benzene rings is 2. The van der Waals surface area contributed by atoms with E-state index in [2.05, 4.69) is 11.9 Å². The number of likely N-dealkylation sites (tertiary alicyclic amines) is 1. The zero-order chi connectivity index (χ0) is 18.8. The van der Waals surface area contributed by atoms with E-state index in [-0.39, 0.29) is 17.5 Å². The lowest BCUT2D eigenvalue weighted by molar-refractivity contribution is -0.135. The Bertz CT molecular complexity index is 882. The summed E-state index contributed by atoms with van der Waals surface area (Å²) >= 11 is 0.